The van der Waals surface area contributed by atoms with Crippen LogP contribution in [-0.2, 0) is 16.4 Å². The normalized spacial score (nSPS) is 14.9. The van der Waals surface area contributed by atoms with E-state index in [1.807, 2.05) is 0 Å². The molecule has 1 saturated carbocycles. The van der Waals surface area contributed by atoms with Gasteiger partial charge in [0.1, 0.15) is 11.5 Å². The SMILES string of the molecule is O=C(N(c1ccnc(C(F)(F)F)c1)c1ccccn1)C1(c2ccc(O)c(O)c2)CC1. The average Bonchev–Trinajstić information content (AvgIpc) is 3.53. The number of halogens is 3. The molecule has 2 N–H and O–H groups in total. The van der Waals surface area contributed by atoms with Crippen molar-refractivity contribution in [3.8, 4) is 11.5 Å². The van der Waals surface area contributed by atoms with Gasteiger partial charge in [-0.05, 0) is 54.8 Å². The molecule has 30 heavy (non-hydrogen) atoms. The summed E-state index contributed by atoms with van der Waals surface area (Å²) in [5.41, 5.74) is -1.71. The van der Waals surface area contributed by atoms with Crippen LogP contribution in [0.1, 0.15) is 24.1 Å². The molecule has 1 fully saturated rings. The lowest BCUT2D eigenvalue weighted by molar-refractivity contribution is -0.141. The van der Waals surface area contributed by atoms with Gasteiger partial charge in [0.25, 0.3) is 0 Å². The van der Waals surface area contributed by atoms with Crippen LogP contribution in [0.4, 0.5) is 24.7 Å². The fraction of sp³-hybridized carbons (Fsp3) is 0.190. The summed E-state index contributed by atoms with van der Waals surface area (Å²) in [4.78, 5) is 22.3. The second-order valence-corrected chi connectivity index (χ2v) is 7.01. The molecule has 4 rings (SSSR count). The molecular formula is C21H16F3N3O3. The van der Waals surface area contributed by atoms with Gasteiger partial charge < -0.3 is 10.2 Å². The van der Waals surface area contributed by atoms with Gasteiger partial charge in [-0.3, -0.25) is 14.7 Å². The van der Waals surface area contributed by atoms with Gasteiger partial charge in [-0.1, -0.05) is 12.1 Å². The van der Waals surface area contributed by atoms with Crippen molar-refractivity contribution in [2.24, 2.45) is 0 Å². The van der Waals surface area contributed by atoms with E-state index < -0.39 is 23.2 Å². The molecule has 0 radical (unpaired) electrons. The first kappa shape index (κ1) is 19.7. The van der Waals surface area contributed by atoms with E-state index in [0.717, 1.165) is 17.2 Å². The molecule has 9 heteroatoms. The number of phenols is 2. The number of aromatic hydroxyl groups is 2. The molecule has 0 bridgehead atoms. The van der Waals surface area contributed by atoms with Crippen molar-refractivity contribution >= 4 is 17.4 Å². The Labute approximate surface area is 169 Å². The fourth-order valence-electron chi connectivity index (χ4n) is 3.34. The van der Waals surface area contributed by atoms with Crippen molar-refractivity contribution in [1.82, 2.24) is 9.97 Å². The van der Waals surface area contributed by atoms with Gasteiger partial charge >= 0.3 is 6.18 Å². The predicted molar refractivity (Wildman–Crippen MR) is 101 cm³/mol. The lowest BCUT2D eigenvalue weighted by Crippen LogP contribution is -2.37. The summed E-state index contributed by atoms with van der Waals surface area (Å²) in [7, 11) is 0. The lowest BCUT2D eigenvalue weighted by Gasteiger charge is -2.27. The number of benzene rings is 1. The van der Waals surface area contributed by atoms with E-state index in [1.54, 1.807) is 12.1 Å². The molecule has 0 atom stereocenters. The summed E-state index contributed by atoms with van der Waals surface area (Å²) in [5, 5.41) is 19.4. The van der Waals surface area contributed by atoms with Crippen molar-refractivity contribution in [3.63, 3.8) is 0 Å². The minimum Gasteiger partial charge on any atom is -0.504 e. The summed E-state index contributed by atoms with van der Waals surface area (Å²) in [6.45, 7) is 0. The first-order valence-corrected chi connectivity index (χ1v) is 9.04. The number of aromatic nitrogens is 2. The van der Waals surface area contributed by atoms with Crippen molar-refractivity contribution in [2.45, 2.75) is 24.4 Å². The Hall–Kier alpha value is -3.62. The molecule has 1 aliphatic carbocycles. The highest BCUT2D eigenvalue weighted by atomic mass is 19.4. The zero-order valence-electron chi connectivity index (χ0n) is 15.5. The number of nitrogens with zero attached hydrogens (tertiary/aromatic N) is 3. The van der Waals surface area contributed by atoms with Crippen LogP contribution in [0.3, 0.4) is 0 Å². The Bertz CT molecular complexity index is 1100. The molecule has 1 amide bonds. The maximum Gasteiger partial charge on any atom is 0.433 e. The third-order valence-electron chi connectivity index (χ3n) is 5.06. The Morgan fingerprint density at radius 3 is 2.33 bits per heavy atom. The highest BCUT2D eigenvalue weighted by molar-refractivity contribution is 6.07. The van der Waals surface area contributed by atoms with Gasteiger partial charge in [0, 0.05) is 12.4 Å². The summed E-state index contributed by atoms with van der Waals surface area (Å²) in [5.74, 6) is -1.02. The molecule has 2 heterocycles. The van der Waals surface area contributed by atoms with Crippen molar-refractivity contribution < 1.29 is 28.2 Å². The number of carbonyl (C=O) groups excluding carboxylic acids is 1. The zero-order chi connectivity index (χ0) is 21.5. The van der Waals surface area contributed by atoms with E-state index in [4.69, 9.17) is 0 Å². The zero-order valence-corrected chi connectivity index (χ0v) is 15.5. The van der Waals surface area contributed by atoms with Crippen LogP contribution in [0.25, 0.3) is 0 Å². The minimum absolute atomic E-state index is 0.0182. The third-order valence-corrected chi connectivity index (χ3v) is 5.06. The Morgan fingerprint density at radius 2 is 1.73 bits per heavy atom. The minimum atomic E-state index is -4.67. The molecule has 154 valence electrons. The van der Waals surface area contributed by atoms with Gasteiger partial charge in [-0.2, -0.15) is 13.2 Å². The fourth-order valence-corrected chi connectivity index (χ4v) is 3.34. The number of carbonyl (C=O) groups is 1. The topological polar surface area (TPSA) is 86.6 Å². The maximum atomic E-state index is 13.6. The van der Waals surface area contributed by atoms with Gasteiger partial charge in [0.2, 0.25) is 5.91 Å². The summed E-state index contributed by atoms with van der Waals surface area (Å²) < 4.78 is 39.6. The second kappa shape index (κ2) is 7.01. The summed E-state index contributed by atoms with van der Waals surface area (Å²) in [6.07, 6.45) is -1.36. The molecule has 6 nitrogen and oxygen atoms in total. The van der Waals surface area contributed by atoms with Gasteiger partial charge in [0.05, 0.1) is 11.1 Å². The average molecular weight is 415 g/mol. The van der Waals surface area contributed by atoms with Crippen molar-refractivity contribution in [2.75, 3.05) is 4.90 Å². The van der Waals surface area contributed by atoms with Crippen LogP contribution in [0, 0.1) is 0 Å². The first-order chi connectivity index (χ1) is 14.2. The van der Waals surface area contributed by atoms with E-state index >= 15 is 0 Å². The standard InChI is InChI=1S/C21H16F3N3O3/c22-21(23,24)17-12-14(6-10-25-17)27(18-3-1-2-9-26-18)19(30)20(7-8-20)13-4-5-15(28)16(29)11-13/h1-6,9-12,28-29H,7-8H2. The molecule has 1 aromatic carbocycles. The highest BCUT2D eigenvalue weighted by Crippen LogP contribution is 2.52. The molecule has 0 unspecified atom stereocenters. The van der Waals surface area contributed by atoms with E-state index in [1.165, 1.54) is 36.5 Å². The van der Waals surface area contributed by atoms with Crippen LogP contribution in [0.15, 0.2) is 60.9 Å². The maximum absolute atomic E-state index is 13.6. The smallest absolute Gasteiger partial charge is 0.433 e. The van der Waals surface area contributed by atoms with Gasteiger partial charge in [-0.15, -0.1) is 0 Å². The van der Waals surface area contributed by atoms with Crippen molar-refractivity contribution in [3.05, 3.63) is 72.2 Å². The highest BCUT2D eigenvalue weighted by Gasteiger charge is 2.54. The van der Waals surface area contributed by atoms with Gasteiger partial charge in [0.15, 0.2) is 11.5 Å². The molecular weight excluding hydrogens is 399 g/mol. The van der Waals surface area contributed by atoms with Gasteiger partial charge in [-0.25, -0.2) is 4.98 Å². The Kier molecular flexibility index (Phi) is 4.60. The Balaban J connectivity index is 1.82. The third kappa shape index (κ3) is 3.42. The molecule has 2 aromatic heterocycles. The Morgan fingerprint density at radius 1 is 0.967 bits per heavy atom. The summed E-state index contributed by atoms with van der Waals surface area (Å²) in [6, 6.07) is 11.0. The van der Waals surface area contributed by atoms with Crippen LogP contribution >= 0.6 is 0 Å². The number of hydrogen-bond acceptors (Lipinski definition) is 5. The predicted octanol–water partition coefficient (Wildman–Crippen LogP) is 4.30. The van der Waals surface area contributed by atoms with Crippen LogP contribution in [-0.4, -0.2) is 26.1 Å². The number of hydrogen-bond donors (Lipinski definition) is 2. The molecule has 0 spiro atoms. The molecule has 0 aliphatic heterocycles. The number of pyridine rings is 2. The number of rotatable bonds is 4. The number of amides is 1. The van der Waals surface area contributed by atoms with Crippen molar-refractivity contribution in [1.29, 1.82) is 0 Å². The second-order valence-electron chi connectivity index (χ2n) is 7.01. The molecule has 0 saturated heterocycles. The van der Waals surface area contributed by atoms with E-state index in [-0.39, 0.29) is 23.0 Å². The summed E-state index contributed by atoms with van der Waals surface area (Å²) >= 11 is 0. The number of anilines is 2. The van der Waals surface area contributed by atoms with E-state index in [0.29, 0.717) is 18.4 Å². The van der Waals surface area contributed by atoms with E-state index in [2.05, 4.69) is 9.97 Å². The van der Waals surface area contributed by atoms with E-state index in [9.17, 15) is 28.2 Å². The monoisotopic (exact) mass is 415 g/mol. The molecule has 3 aromatic rings. The lowest BCUT2D eigenvalue weighted by atomic mass is 9.93. The molecule has 1 aliphatic rings. The first-order valence-electron chi connectivity index (χ1n) is 9.04. The van der Waals surface area contributed by atoms with Crippen LogP contribution < -0.4 is 4.90 Å². The largest absolute Gasteiger partial charge is 0.504 e. The number of alkyl halides is 3. The number of phenolic OH excluding ortho intramolecular Hbond substituents is 2. The quantitative estimate of drug-likeness (QED) is 0.621. The van der Waals surface area contributed by atoms with Crippen LogP contribution in [0.2, 0.25) is 0 Å². The van der Waals surface area contributed by atoms with Crippen LogP contribution in [0.5, 0.6) is 11.5 Å².